The Hall–Kier alpha value is -1.80. The Morgan fingerprint density at radius 3 is 1.40 bits per heavy atom. The number of carbonyl (C=O) groups is 1. The highest BCUT2D eigenvalue weighted by Crippen LogP contribution is 2.43. The zero-order chi connectivity index (χ0) is 45.5. The summed E-state index contributed by atoms with van der Waals surface area (Å²) in [6.07, 6.45) is 58.3. The van der Waals surface area contributed by atoms with Crippen LogP contribution in [0.2, 0.25) is 0 Å². The quantitative estimate of drug-likeness (QED) is 0.0214. The summed E-state index contributed by atoms with van der Waals surface area (Å²) in [5.74, 6) is -0.330. The third-order valence-electron chi connectivity index (χ3n) is 10.8. The average molecular weight is 893 g/mol. The molecule has 0 radical (unpaired) electrons. The van der Waals surface area contributed by atoms with E-state index in [9.17, 15) is 14.3 Å². The van der Waals surface area contributed by atoms with E-state index in [4.69, 9.17) is 18.5 Å². The number of carbonyl (C=O) groups excluding carboxylic acids is 1. The number of phosphoric ester groups is 1. The van der Waals surface area contributed by atoms with Crippen molar-refractivity contribution in [3.8, 4) is 0 Å². The van der Waals surface area contributed by atoms with E-state index in [2.05, 4.69) is 74.6 Å². The SMILES string of the molecule is CC/C=C\C/C=C\C/C=C\C/C=C\C/C=C\CCCCCCCC(=O)OC(COCCCCCCCCCCCCCCCCCCCCC)COP(=O)(O)OCC[N+](C)(C)C. The van der Waals surface area contributed by atoms with Gasteiger partial charge in [0.1, 0.15) is 19.3 Å². The van der Waals surface area contributed by atoms with Crippen molar-refractivity contribution in [2.24, 2.45) is 0 Å². The second-order valence-electron chi connectivity index (χ2n) is 18.2. The average Bonchev–Trinajstić information content (AvgIpc) is 3.23. The number of phosphoric acid groups is 1. The molecule has 0 spiro atoms. The molecular weight excluding hydrogens is 794 g/mol. The molecule has 9 heteroatoms. The second-order valence-corrected chi connectivity index (χ2v) is 19.6. The van der Waals surface area contributed by atoms with Crippen molar-refractivity contribution in [2.45, 2.75) is 219 Å². The third-order valence-corrected chi connectivity index (χ3v) is 11.8. The smallest absolute Gasteiger partial charge is 0.457 e. The van der Waals surface area contributed by atoms with E-state index in [0.717, 1.165) is 83.5 Å². The predicted molar refractivity (Wildman–Crippen MR) is 266 cm³/mol. The van der Waals surface area contributed by atoms with Gasteiger partial charge in [-0.1, -0.05) is 209 Å². The monoisotopic (exact) mass is 893 g/mol. The molecule has 0 aromatic carbocycles. The van der Waals surface area contributed by atoms with Crippen LogP contribution in [0.3, 0.4) is 0 Å². The van der Waals surface area contributed by atoms with Gasteiger partial charge in [-0.2, -0.15) is 0 Å². The number of hydrogen-bond acceptors (Lipinski definition) is 6. The van der Waals surface area contributed by atoms with E-state index < -0.39 is 13.9 Å². The van der Waals surface area contributed by atoms with Gasteiger partial charge in [-0.05, 0) is 57.8 Å². The summed E-state index contributed by atoms with van der Waals surface area (Å²) < 4.78 is 35.1. The molecule has 362 valence electrons. The van der Waals surface area contributed by atoms with Crippen LogP contribution in [0.4, 0.5) is 0 Å². The summed E-state index contributed by atoms with van der Waals surface area (Å²) in [6, 6.07) is 0. The van der Waals surface area contributed by atoms with E-state index in [1.807, 2.05) is 21.1 Å². The van der Waals surface area contributed by atoms with Gasteiger partial charge < -0.3 is 18.9 Å². The summed E-state index contributed by atoms with van der Waals surface area (Å²) >= 11 is 0. The van der Waals surface area contributed by atoms with Gasteiger partial charge in [0.25, 0.3) is 0 Å². The molecule has 2 atom stereocenters. The molecule has 62 heavy (non-hydrogen) atoms. The number of esters is 1. The normalized spacial score (nSPS) is 14.1. The Kier molecular flexibility index (Phi) is 44.4. The maximum atomic E-state index is 12.8. The summed E-state index contributed by atoms with van der Waals surface area (Å²) in [7, 11) is 1.65. The summed E-state index contributed by atoms with van der Waals surface area (Å²) in [6.45, 7) is 5.51. The van der Waals surface area contributed by atoms with E-state index in [1.54, 1.807) is 0 Å². The number of quaternary nitrogens is 1. The lowest BCUT2D eigenvalue weighted by molar-refractivity contribution is -0.870. The predicted octanol–water partition coefficient (Wildman–Crippen LogP) is 15.7. The maximum absolute atomic E-state index is 12.8. The maximum Gasteiger partial charge on any atom is 0.472 e. The number of unbranched alkanes of at least 4 members (excludes halogenated alkanes) is 23. The summed E-state index contributed by atoms with van der Waals surface area (Å²) in [4.78, 5) is 23.0. The zero-order valence-electron chi connectivity index (χ0n) is 41.1. The highest BCUT2D eigenvalue weighted by Gasteiger charge is 2.26. The first-order chi connectivity index (χ1) is 30.1. The molecule has 0 amide bonds. The molecule has 1 N–H and O–H groups in total. The zero-order valence-corrected chi connectivity index (χ0v) is 42.0. The van der Waals surface area contributed by atoms with Crippen LogP contribution in [0.15, 0.2) is 60.8 Å². The Morgan fingerprint density at radius 1 is 0.516 bits per heavy atom. The van der Waals surface area contributed by atoms with Crippen molar-refractivity contribution < 1.29 is 37.3 Å². The molecule has 0 rings (SSSR count). The molecule has 0 saturated carbocycles. The standard InChI is InChI=1S/C53H98NO7P/c1-6-8-10-12-14-16-18-20-22-24-26-27-28-30-32-34-36-38-40-42-44-46-53(55)61-52(51-60-62(56,57)59-49-47-54(3,4)5)50-58-48-45-43-41-39-37-35-33-31-29-25-23-21-19-17-15-13-11-9-7-2/h8,10,14,16,20,22,26-27,30,32,52H,6-7,9,11-13,15,17-19,21,23-25,28-29,31,33-51H2,1-5H3/p+1/b10-8-,16-14-,22-20-,27-26-,32-30-. The van der Waals surface area contributed by atoms with Crippen LogP contribution >= 0.6 is 7.82 Å². The van der Waals surface area contributed by atoms with Crippen molar-refractivity contribution in [3.05, 3.63) is 60.8 Å². The van der Waals surface area contributed by atoms with Crippen LogP contribution in [0.5, 0.6) is 0 Å². The second kappa shape index (κ2) is 45.8. The number of ether oxygens (including phenoxy) is 2. The molecule has 0 aliphatic heterocycles. The molecule has 0 aliphatic rings. The Morgan fingerprint density at radius 2 is 0.935 bits per heavy atom. The van der Waals surface area contributed by atoms with Gasteiger partial charge >= 0.3 is 13.8 Å². The highest BCUT2D eigenvalue weighted by atomic mass is 31.2. The fourth-order valence-corrected chi connectivity index (χ4v) is 7.67. The van der Waals surface area contributed by atoms with Crippen molar-refractivity contribution >= 4 is 13.8 Å². The minimum absolute atomic E-state index is 0.0833. The Bertz CT molecular complexity index is 1170. The number of hydrogen-bond donors (Lipinski definition) is 1. The lowest BCUT2D eigenvalue weighted by atomic mass is 10.0. The number of nitrogens with zero attached hydrogens (tertiary/aromatic N) is 1. The minimum Gasteiger partial charge on any atom is -0.457 e. The Balaban J connectivity index is 4.19. The first-order valence-corrected chi connectivity index (χ1v) is 27.0. The molecule has 0 saturated heterocycles. The van der Waals surface area contributed by atoms with Crippen molar-refractivity contribution in [3.63, 3.8) is 0 Å². The van der Waals surface area contributed by atoms with Gasteiger partial charge in [0.05, 0.1) is 34.4 Å². The molecule has 2 unspecified atom stereocenters. The van der Waals surface area contributed by atoms with Crippen molar-refractivity contribution in [2.75, 3.05) is 54.1 Å². The summed E-state index contributed by atoms with van der Waals surface area (Å²) in [5, 5.41) is 0. The molecule has 8 nitrogen and oxygen atoms in total. The van der Waals surface area contributed by atoms with Crippen LogP contribution in [0.1, 0.15) is 213 Å². The molecule has 0 aromatic heterocycles. The van der Waals surface area contributed by atoms with E-state index in [-0.39, 0.29) is 25.8 Å². The van der Waals surface area contributed by atoms with E-state index >= 15 is 0 Å². The molecule has 0 fully saturated rings. The first-order valence-electron chi connectivity index (χ1n) is 25.5. The lowest BCUT2D eigenvalue weighted by Crippen LogP contribution is -2.37. The van der Waals surface area contributed by atoms with Gasteiger partial charge in [0.2, 0.25) is 0 Å². The van der Waals surface area contributed by atoms with Gasteiger partial charge in [-0.15, -0.1) is 0 Å². The fraction of sp³-hybridized carbons (Fsp3) is 0.792. The van der Waals surface area contributed by atoms with E-state index in [1.165, 1.54) is 109 Å². The van der Waals surface area contributed by atoms with Gasteiger partial charge in [-0.25, -0.2) is 4.57 Å². The molecule has 0 aliphatic carbocycles. The first kappa shape index (κ1) is 60.2. The van der Waals surface area contributed by atoms with Crippen molar-refractivity contribution in [1.82, 2.24) is 0 Å². The minimum atomic E-state index is -4.29. The van der Waals surface area contributed by atoms with Gasteiger partial charge in [0, 0.05) is 13.0 Å². The molecule has 0 bridgehead atoms. The third kappa shape index (κ3) is 49.2. The number of allylic oxidation sites excluding steroid dienone is 10. The van der Waals surface area contributed by atoms with Crippen LogP contribution in [0, 0.1) is 0 Å². The molecule has 0 heterocycles. The van der Waals surface area contributed by atoms with Crippen LogP contribution in [-0.4, -0.2) is 75.6 Å². The molecular formula is C53H99NO7P+. The molecule has 0 aromatic rings. The van der Waals surface area contributed by atoms with E-state index in [0.29, 0.717) is 24.1 Å². The lowest BCUT2D eigenvalue weighted by Gasteiger charge is -2.24. The topological polar surface area (TPSA) is 91.3 Å². The van der Waals surface area contributed by atoms with Gasteiger partial charge in [0.15, 0.2) is 0 Å². The number of likely N-dealkylation sites (N-methyl/N-ethyl adjacent to an activating group) is 1. The van der Waals surface area contributed by atoms with Crippen LogP contribution in [-0.2, 0) is 27.9 Å². The largest absolute Gasteiger partial charge is 0.472 e. The fourth-order valence-electron chi connectivity index (χ4n) is 6.93. The van der Waals surface area contributed by atoms with Crippen LogP contribution < -0.4 is 0 Å². The highest BCUT2D eigenvalue weighted by molar-refractivity contribution is 7.47. The van der Waals surface area contributed by atoms with Gasteiger partial charge in [-0.3, -0.25) is 13.8 Å². The summed E-state index contributed by atoms with van der Waals surface area (Å²) in [5.41, 5.74) is 0. The number of rotatable bonds is 47. The van der Waals surface area contributed by atoms with Crippen molar-refractivity contribution in [1.29, 1.82) is 0 Å². The van der Waals surface area contributed by atoms with Crippen LogP contribution in [0.25, 0.3) is 0 Å². The Labute approximate surface area is 383 Å².